The Morgan fingerprint density at radius 2 is 2.00 bits per heavy atom. The predicted molar refractivity (Wildman–Crippen MR) is 87.1 cm³/mol. The number of likely N-dealkylation sites (tertiary alicyclic amines) is 1. The second-order valence-electron chi connectivity index (χ2n) is 6.93. The molecule has 0 bridgehead atoms. The number of aromatic nitrogens is 2. The van der Waals surface area contributed by atoms with Gasteiger partial charge in [0.25, 0.3) is 10.0 Å². The summed E-state index contributed by atoms with van der Waals surface area (Å²) < 4.78 is 28.3. The molecule has 9 nitrogen and oxygen atoms in total. The summed E-state index contributed by atoms with van der Waals surface area (Å²) in [6.45, 7) is 0.800. The van der Waals surface area contributed by atoms with E-state index in [-0.39, 0.29) is 22.9 Å². The fraction of sp³-hybridized carbons (Fsp3) is 0.667. The monoisotopic (exact) mass is 370 g/mol. The average Bonchev–Trinajstić information content (AvgIpc) is 2.99. The highest BCUT2D eigenvalue weighted by Gasteiger charge is 2.43. The minimum absolute atomic E-state index is 0.0391. The molecule has 0 atom stereocenters. The Morgan fingerprint density at radius 3 is 2.56 bits per heavy atom. The highest BCUT2D eigenvalue weighted by Crippen LogP contribution is 2.41. The Balaban J connectivity index is 1.69. The molecule has 3 rings (SSSR count). The number of hydrogen-bond donors (Lipinski definition) is 1. The summed E-state index contributed by atoms with van der Waals surface area (Å²) in [6, 6.07) is 0. The number of carbonyl (C=O) groups is 2. The number of carbonyl (C=O) groups excluding carboxylic acids is 1. The lowest BCUT2D eigenvalue weighted by Gasteiger charge is -2.46. The molecule has 10 heteroatoms. The Labute approximate surface area is 146 Å². The average molecular weight is 370 g/mol. The number of rotatable bonds is 4. The van der Waals surface area contributed by atoms with Crippen LogP contribution in [0.3, 0.4) is 0 Å². The number of hydrogen-bond acceptors (Lipinski definition) is 5. The van der Waals surface area contributed by atoms with Crippen LogP contribution in [0.15, 0.2) is 17.6 Å². The van der Waals surface area contributed by atoms with Gasteiger partial charge in [0.1, 0.15) is 6.54 Å². The molecule has 1 aromatic rings. The highest BCUT2D eigenvalue weighted by atomic mass is 32.2. The van der Waals surface area contributed by atoms with Gasteiger partial charge < -0.3 is 14.6 Å². The number of aryl methyl sites for hydroxylation is 1. The van der Waals surface area contributed by atoms with Crippen LogP contribution >= 0.6 is 0 Å². The number of aliphatic carboxylic acids is 1. The van der Waals surface area contributed by atoms with Gasteiger partial charge in [0.05, 0.1) is 6.33 Å². The molecule has 1 N–H and O–H groups in total. The number of sulfonamides is 1. The molecule has 0 saturated carbocycles. The van der Waals surface area contributed by atoms with Crippen molar-refractivity contribution in [3.63, 3.8) is 0 Å². The van der Waals surface area contributed by atoms with Crippen molar-refractivity contribution in [2.24, 2.45) is 12.5 Å². The number of carboxylic acids is 1. The molecule has 0 unspecified atom stereocenters. The molecular weight excluding hydrogens is 348 g/mol. The standard InChI is InChI=1S/C15H22N4O5S/c1-17-8-12(16-11-17)25(23,24)19-6-4-15(5-7-19)3-2-13(20)18(10-15)9-14(21)22/h8,11H,2-7,9-10H2,1H3,(H,21,22). The maximum absolute atomic E-state index is 12.6. The Kier molecular flexibility index (Phi) is 4.58. The number of piperidine rings is 2. The van der Waals surface area contributed by atoms with Gasteiger partial charge in [-0.1, -0.05) is 0 Å². The van der Waals surface area contributed by atoms with Crippen LogP contribution in [0.4, 0.5) is 0 Å². The quantitative estimate of drug-likeness (QED) is 0.792. The number of amides is 1. The summed E-state index contributed by atoms with van der Waals surface area (Å²) in [7, 11) is -1.90. The molecule has 25 heavy (non-hydrogen) atoms. The van der Waals surface area contributed by atoms with Crippen LogP contribution in [0.5, 0.6) is 0 Å². The fourth-order valence-corrected chi connectivity index (χ4v) is 5.08. The first-order valence-corrected chi connectivity index (χ1v) is 9.64. The van der Waals surface area contributed by atoms with E-state index in [4.69, 9.17) is 5.11 Å². The third-order valence-corrected chi connectivity index (χ3v) is 6.93. The smallest absolute Gasteiger partial charge is 0.323 e. The number of nitrogens with zero attached hydrogens (tertiary/aromatic N) is 4. The normalized spacial score (nSPS) is 21.6. The minimum atomic E-state index is -3.61. The molecule has 138 valence electrons. The summed E-state index contributed by atoms with van der Waals surface area (Å²) in [5.41, 5.74) is -0.195. The van der Waals surface area contributed by atoms with E-state index in [1.165, 1.54) is 21.7 Å². The van der Waals surface area contributed by atoms with Crippen molar-refractivity contribution >= 4 is 21.9 Å². The van der Waals surface area contributed by atoms with Crippen molar-refractivity contribution in [2.45, 2.75) is 30.7 Å². The van der Waals surface area contributed by atoms with E-state index in [1.54, 1.807) is 11.6 Å². The summed E-state index contributed by atoms with van der Waals surface area (Å²) in [5, 5.41) is 9.00. The van der Waals surface area contributed by atoms with E-state index in [2.05, 4.69) is 4.98 Å². The van der Waals surface area contributed by atoms with Gasteiger partial charge in [-0.05, 0) is 24.7 Å². The second kappa shape index (κ2) is 6.41. The molecule has 2 aliphatic heterocycles. The highest BCUT2D eigenvalue weighted by molar-refractivity contribution is 7.89. The first kappa shape index (κ1) is 17.9. The number of imidazole rings is 1. The maximum atomic E-state index is 12.6. The summed E-state index contributed by atoms with van der Waals surface area (Å²) >= 11 is 0. The van der Waals surface area contributed by atoms with Crippen LogP contribution in [-0.4, -0.2) is 70.3 Å². The lowest BCUT2D eigenvalue weighted by atomic mass is 9.73. The van der Waals surface area contributed by atoms with Crippen molar-refractivity contribution in [1.29, 1.82) is 0 Å². The molecular formula is C15H22N4O5S. The van der Waals surface area contributed by atoms with Gasteiger partial charge in [0.15, 0.2) is 5.03 Å². The number of carboxylic acid groups (broad SMARTS) is 1. The molecule has 0 radical (unpaired) electrons. The van der Waals surface area contributed by atoms with Gasteiger partial charge in [0.2, 0.25) is 5.91 Å². The van der Waals surface area contributed by atoms with Gasteiger partial charge in [-0.25, -0.2) is 13.4 Å². The maximum Gasteiger partial charge on any atom is 0.323 e. The van der Waals surface area contributed by atoms with Gasteiger partial charge >= 0.3 is 5.97 Å². The van der Waals surface area contributed by atoms with Crippen molar-refractivity contribution in [3.05, 3.63) is 12.5 Å². The predicted octanol–water partition coefficient (Wildman–Crippen LogP) is -0.102. The molecule has 0 aliphatic carbocycles. The lowest BCUT2D eigenvalue weighted by molar-refractivity contribution is -0.149. The third kappa shape index (κ3) is 3.54. The summed E-state index contributed by atoms with van der Waals surface area (Å²) in [6.07, 6.45) is 5.16. The van der Waals surface area contributed by atoms with E-state index >= 15 is 0 Å². The molecule has 1 amide bonds. The minimum Gasteiger partial charge on any atom is -0.480 e. The topological polar surface area (TPSA) is 113 Å². The van der Waals surface area contributed by atoms with E-state index in [0.29, 0.717) is 45.3 Å². The van der Waals surface area contributed by atoms with E-state index in [0.717, 1.165) is 0 Å². The second-order valence-corrected chi connectivity index (χ2v) is 8.81. The van der Waals surface area contributed by atoms with Crippen molar-refractivity contribution in [3.8, 4) is 0 Å². The molecule has 1 aromatic heterocycles. The van der Waals surface area contributed by atoms with E-state index < -0.39 is 16.0 Å². The summed E-state index contributed by atoms with van der Waals surface area (Å²) in [4.78, 5) is 28.2. The third-order valence-electron chi connectivity index (χ3n) is 5.14. The molecule has 1 spiro atoms. The molecule has 2 saturated heterocycles. The molecule has 0 aromatic carbocycles. The van der Waals surface area contributed by atoms with Crippen LogP contribution in [0, 0.1) is 5.41 Å². The molecule has 3 heterocycles. The zero-order valence-electron chi connectivity index (χ0n) is 14.1. The van der Waals surface area contributed by atoms with Crippen LogP contribution < -0.4 is 0 Å². The van der Waals surface area contributed by atoms with E-state index in [9.17, 15) is 18.0 Å². The first-order valence-electron chi connectivity index (χ1n) is 8.20. The Morgan fingerprint density at radius 1 is 1.32 bits per heavy atom. The zero-order valence-corrected chi connectivity index (χ0v) is 14.9. The van der Waals surface area contributed by atoms with Gasteiger partial charge in [-0.15, -0.1) is 0 Å². The van der Waals surface area contributed by atoms with Crippen LogP contribution in [0.1, 0.15) is 25.7 Å². The van der Waals surface area contributed by atoms with Crippen molar-refractivity contribution in [2.75, 3.05) is 26.2 Å². The molecule has 2 fully saturated rings. The van der Waals surface area contributed by atoms with Gasteiger partial charge in [0, 0.05) is 39.3 Å². The van der Waals surface area contributed by atoms with Gasteiger partial charge in [-0.2, -0.15) is 4.31 Å². The van der Waals surface area contributed by atoms with Crippen LogP contribution in [0.25, 0.3) is 0 Å². The first-order chi connectivity index (χ1) is 11.7. The fourth-order valence-electron chi connectivity index (χ4n) is 3.67. The zero-order chi connectivity index (χ0) is 18.2. The van der Waals surface area contributed by atoms with E-state index in [1.807, 2.05) is 0 Å². The SMILES string of the molecule is Cn1cnc(S(=O)(=O)N2CCC3(CCC(=O)N(CC(=O)O)C3)CC2)c1. The van der Waals surface area contributed by atoms with Crippen LogP contribution in [0.2, 0.25) is 0 Å². The molecule has 2 aliphatic rings. The summed E-state index contributed by atoms with van der Waals surface area (Å²) in [5.74, 6) is -1.17. The van der Waals surface area contributed by atoms with Crippen LogP contribution in [-0.2, 0) is 26.7 Å². The Bertz CT molecular complexity index is 780. The van der Waals surface area contributed by atoms with Crippen molar-refractivity contribution < 1.29 is 23.1 Å². The van der Waals surface area contributed by atoms with Crippen molar-refractivity contribution in [1.82, 2.24) is 18.8 Å². The lowest BCUT2D eigenvalue weighted by Crippen LogP contribution is -2.53. The Hall–Kier alpha value is -1.94. The van der Waals surface area contributed by atoms with Gasteiger partial charge in [-0.3, -0.25) is 9.59 Å². The largest absolute Gasteiger partial charge is 0.480 e.